The van der Waals surface area contributed by atoms with Crippen LogP contribution >= 0.6 is 34.8 Å². The topological polar surface area (TPSA) is 17.8 Å². The number of halogens is 5. The molecule has 0 aliphatic heterocycles. The maximum atomic E-state index is 14.3. The molecule has 0 spiro atoms. The second-order valence-electron chi connectivity index (χ2n) is 4.45. The number of rotatable bonds is 2. The Morgan fingerprint density at radius 2 is 1.59 bits per heavy atom. The highest BCUT2D eigenvalue weighted by molar-refractivity contribution is 6.33. The molecule has 1 heterocycles. The highest BCUT2D eigenvalue weighted by atomic mass is 35.5. The fourth-order valence-corrected chi connectivity index (χ4v) is 2.60. The van der Waals surface area contributed by atoms with Crippen molar-refractivity contribution in [1.29, 1.82) is 0 Å². The van der Waals surface area contributed by atoms with Gasteiger partial charge in [0.05, 0.1) is 16.3 Å². The number of aromatic nitrogens is 2. The SMILES string of the molecule is Fc1ccc(Cl)c(F)c1-c1c(Cl)ncn1-c1ccc(Cl)cc1. The highest BCUT2D eigenvalue weighted by Gasteiger charge is 2.22. The van der Waals surface area contributed by atoms with Crippen molar-refractivity contribution < 1.29 is 8.78 Å². The average Bonchev–Trinajstić information content (AvgIpc) is 2.86. The van der Waals surface area contributed by atoms with Crippen LogP contribution in [0.1, 0.15) is 0 Å². The molecule has 22 heavy (non-hydrogen) atoms. The number of benzene rings is 2. The van der Waals surface area contributed by atoms with Crippen LogP contribution in [0.5, 0.6) is 0 Å². The molecule has 2 nitrogen and oxygen atoms in total. The Morgan fingerprint density at radius 3 is 2.27 bits per heavy atom. The third kappa shape index (κ3) is 2.58. The molecule has 0 saturated heterocycles. The number of hydrogen-bond donors (Lipinski definition) is 0. The van der Waals surface area contributed by atoms with Gasteiger partial charge in [0.1, 0.15) is 12.1 Å². The Bertz CT molecular complexity index is 845. The van der Waals surface area contributed by atoms with Gasteiger partial charge in [-0.05, 0) is 36.4 Å². The summed E-state index contributed by atoms with van der Waals surface area (Å²) in [6.07, 6.45) is 1.38. The van der Waals surface area contributed by atoms with Gasteiger partial charge in [-0.1, -0.05) is 34.8 Å². The second-order valence-corrected chi connectivity index (χ2v) is 5.65. The van der Waals surface area contributed by atoms with E-state index in [9.17, 15) is 8.78 Å². The Kier molecular flexibility index (Phi) is 4.08. The van der Waals surface area contributed by atoms with Crippen LogP contribution in [0.3, 0.4) is 0 Å². The van der Waals surface area contributed by atoms with Gasteiger partial charge < -0.3 is 0 Å². The summed E-state index contributed by atoms with van der Waals surface area (Å²) >= 11 is 17.6. The highest BCUT2D eigenvalue weighted by Crippen LogP contribution is 2.36. The summed E-state index contributed by atoms with van der Waals surface area (Å²) in [6.45, 7) is 0. The quantitative estimate of drug-likeness (QED) is 0.530. The fourth-order valence-electron chi connectivity index (χ4n) is 2.09. The fraction of sp³-hybridized carbons (Fsp3) is 0. The first kappa shape index (κ1) is 15.3. The summed E-state index contributed by atoms with van der Waals surface area (Å²) in [7, 11) is 0. The number of hydrogen-bond acceptors (Lipinski definition) is 1. The molecule has 2 aromatic carbocycles. The molecule has 0 fully saturated rings. The molecule has 0 saturated carbocycles. The molecule has 112 valence electrons. The van der Waals surface area contributed by atoms with Crippen LogP contribution in [-0.4, -0.2) is 9.55 Å². The Morgan fingerprint density at radius 1 is 0.909 bits per heavy atom. The lowest BCUT2D eigenvalue weighted by Gasteiger charge is -2.11. The van der Waals surface area contributed by atoms with Gasteiger partial charge in [0, 0.05) is 10.7 Å². The van der Waals surface area contributed by atoms with Crippen LogP contribution in [0.25, 0.3) is 16.9 Å². The van der Waals surface area contributed by atoms with Gasteiger partial charge in [0.15, 0.2) is 11.0 Å². The van der Waals surface area contributed by atoms with Crippen LogP contribution in [0.15, 0.2) is 42.7 Å². The molecule has 0 unspecified atom stereocenters. The lowest BCUT2D eigenvalue weighted by molar-refractivity contribution is 0.588. The Hall–Kier alpha value is -1.62. The molecule has 3 rings (SSSR count). The van der Waals surface area contributed by atoms with Crippen molar-refractivity contribution in [2.24, 2.45) is 0 Å². The van der Waals surface area contributed by atoms with Crippen LogP contribution in [0.2, 0.25) is 15.2 Å². The van der Waals surface area contributed by atoms with Crippen LogP contribution < -0.4 is 0 Å². The van der Waals surface area contributed by atoms with Crippen LogP contribution in [-0.2, 0) is 0 Å². The van der Waals surface area contributed by atoms with E-state index in [1.165, 1.54) is 10.9 Å². The minimum Gasteiger partial charge on any atom is -0.297 e. The normalized spacial score (nSPS) is 11.0. The predicted octanol–water partition coefficient (Wildman–Crippen LogP) is 5.78. The van der Waals surface area contributed by atoms with E-state index >= 15 is 0 Å². The van der Waals surface area contributed by atoms with Gasteiger partial charge in [0.2, 0.25) is 0 Å². The molecule has 7 heteroatoms. The average molecular weight is 360 g/mol. The van der Waals surface area contributed by atoms with Crippen molar-refractivity contribution in [1.82, 2.24) is 9.55 Å². The molecule has 0 aliphatic carbocycles. The van der Waals surface area contributed by atoms with Gasteiger partial charge in [-0.2, -0.15) is 0 Å². The van der Waals surface area contributed by atoms with E-state index in [0.717, 1.165) is 12.1 Å². The molecule has 0 radical (unpaired) electrons. The van der Waals surface area contributed by atoms with Crippen LogP contribution in [0.4, 0.5) is 8.78 Å². The predicted molar refractivity (Wildman–Crippen MR) is 83.9 cm³/mol. The zero-order valence-electron chi connectivity index (χ0n) is 10.8. The zero-order chi connectivity index (χ0) is 15.9. The van der Waals surface area contributed by atoms with E-state index in [2.05, 4.69) is 4.98 Å². The lowest BCUT2D eigenvalue weighted by atomic mass is 10.1. The molecule has 0 aliphatic rings. The van der Waals surface area contributed by atoms with Gasteiger partial charge in [-0.3, -0.25) is 4.57 Å². The number of nitrogens with zero attached hydrogens (tertiary/aromatic N) is 2. The molecule has 1 aromatic heterocycles. The minimum absolute atomic E-state index is 0.0324. The summed E-state index contributed by atoms with van der Waals surface area (Å²) in [5, 5.41) is 0.308. The van der Waals surface area contributed by atoms with Crippen molar-refractivity contribution in [3.8, 4) is 16.9 Å². The lowest BCUT2D eigenvalue weighted by Crippen LogP contribution is -2.00. The van der Waals surface area contributed by atoms with E-state index in [4.69, 9.17) is 34.8 Å². The maximum absolute atomic E-state index is 14.3. The standard InChI is InChI=1S/C15H7Cl3F2N2/c16-8-1-3-9(4-2-8)22-7-21-15(18)14(22)12-11(19)6-5-10(17)13(12)20/h1-7H. The Labute approximate surface area is 139 Å². The second kappa shape index (κ2) is 5.88. The van der Waals surface area contributed by atoms with Crippen molar-refractivity contribution in [2.45, 2.75) is 0 Å². The van der Waals surface area contributed by atoms with Crippen molar-refractivity contribution in [2.75, 3.05) is 0 Å². The molecule has 0 amide bonds. The molecule has 3 aromatic rings. The third-order valence-electron chi connectivity index (χ3n) is 3.11. The largest absolute Gasteiger partial charge is 0.297 e. The van der Waals surface area contributed by atoms with Crippen molar-refractivity contribution in [3.05, 3.63) is 69.6 Å². The first-order valence-corrected chi connectivity index (χ1v) is 7.25. The van der Waals surface area contributed by atoms with Gasteiger partial charge in [-0.25, -0.2) is 13.8 Å². The Balaban J connectivity index is 2.27. The van der Waals surface area contributed by atoms with E-state index in [-0.39, 0.29) is 21.4 Å². The maximum Gasteiger partial charge on any atom is 0.155 e. The summed E-state index contributed by atoms with van der Waals surface area (Å²) < 4.78 is 29.9. The molecule has 0 atom stereocenters. The van der Waals surface area contributed by atoms with Crippen molar-refractivity contribution >= 4 is 34.8 Å². The first-order chi connectivity index (χ1) is 10.5. The van der Waals surface area contributed by atoms with E-state index < -0.39 is 11.6 Å². The van der Waals surface area contributed by atoms with Crippen LogP contribution in [0, 0.1) is 11.6 Å². The van der Waals surface area contributed by atoms with Crippen molar-refractivity contribution in [3.63, 3.8) is 0 Å². The molecule has 0 bridgehead atoms. The summed E-state index contributed by atoms with van der Waals surface area (Å²) in [5.74, 6) is -1.67. The first-order valence-electron chi connectivity index (χ1n) is 6.11. The summed E-state index contributed by atoms with van der Waals surface area (Å²) in [5.41, 5.74) is 0.365. The molecular formula is C15H7Cl3F2N2. The third-order valence-corrected chi connectivity index (χ3v) is 3.93. The summed E-state index contributed by atoms with van der Waals surface area (Å²) in [4.78, 5) is 3.92. The van der Waals surface area contributed by atoms with Gasteiger partial charge >= 0.3 is 0 Å². The smallest absolute Gasteiger partial charge is 0.155 e. The number of imidazole rings is 1. The summed E-state index contributed by atoms with van der Waals surface area (Å²) in [6, 6.07) is 8.90. The van der Waals surface area contributed by atoms with E-state index in [1.54, 1.807) is 24.3 Å². The molecular weight excluding hydrogens is 353 g/mol. The zero-order valence-corrected chi connectivity index (χ0v) is 13.1. The van der Waals surface area contributed by atoms with E-state index in [0.29, 0.717) is 10.7 Å². The molecule has 0 N–H and O–H groups in total. The van der Waals surface area contributed by atoms with E-state index in [1.807, 2.05) is 0 Å². The monoisotopic (exact) mass is 358 g/mol. The van der Waals surface area contributed by atoms with Gasteiger partial charge in [0.25, 0.3) is 0 Å². The minimum atomic E-state index is -0.890. The van der Waals surface area contributed by atoms with Gasteiger partial charge in [-0.15, -0.1) is 0 Å².